The highest BCUT2D eigenvalue weighted by atomic mass is 16.8. The number of carbonyl (C=O) groups excluding carboxylic acids is 2. The molecule has 86 valence electrons. The maximum absolute atomic E-state index is 10.5. The van der Waals surface area contributed by atoms with Crippen LogP contribution in [0.5, 0.6) is 0 Å². The van der Waals surface area contributed by atoms with Crippen LogP contribution in [0.15, 0.2) is 0 Å². The number of hydrogen-bond acceptors (Lipinski definition) is 5. The summed E-state index contributed by atoms with van der Waals surface area (Å²) in [5, 5.41) is 0. The highest BCUT2D eigenvalue weighted by Crippen LogP contribution is 2.06. The lowest BCUT2D eigenvalue weighted by molar-refractivity contribution is -0.142. The predicted octanol–water partition coefficient (Wildman–Crippen LogP) is 1.65. The van der Waals surface area contributed by atoms with Crippen LogP contribution in [-0.4, -0.2) is 31.4 Å². The van der Waals surface area contributed by atoms with Gasteiger partial charge in [0, 0.05) is 6.42 Å². The number of carbonyl (C=O) groups is 2. The molecule has 0 aromatic carbocycles. The fraction of sp³-hybridized carbons (Fsp3) is 0.800. The zero-order chi connectivity index (χ0) is 11.1. The minimum Gasteiger partial charge on any atom is -0.466 e. The van der Waals surface area contributed by atoms with Crippen molar-refractivity contribution in [2.24, 2.45) is 0 Å². The van der Waals surface area contributed by atoms with Crippen molar-refractivity contribution in [2.75, 3.05) is 13.2 Å². The topological polar surface area (TPSA) is 61.8 Å². The molecule has 2 fully saturated rings. The SMILES string of the molecule is CC1COC(=O)O1.O=C1CCCCCO1. The Balaban J connectivity index is 0.000000151. The summed E-state index contributed by atoms with van der Waals surface area (Å²) in [5.74, 6) is -0.0255. The summed E-state index contributed by atoms with van der Waals surface area (Å²) < 4.78 is 13.7. The first-order chi connectivity index (χ1) is 7.18. The van der Waals surface area contributed by atoms with Crippen LogP contribution in [0.4, 0.5) is 4.79 Å². The molecule has 0 aliphatic carbocycles. The maximum atomic E-state index is 10.5. The van der Waals surface area contributed by atoms with Crippen LogP contribution in [0.2, 0.25) is 0 Å². The van der Waals surface area contributed by atoms with Crippen molar-refractivity contribution >= 4 is 12.1 Å². The molecular formula is C10H16O5. The maximum Gasteiger partial charge on any atom is 0.508 e. The standard InChI is InChI=1S/C6H10O2.C4H6O3/c7-6-4-2-1-3-5-8-6;1-3-2-6-4(5)7-3/h1-5H2;3H,2H2,1H3. The van der Waals surface area contributed by atoms with E-state index in [9.17, 15) is 9.59 Å². The summed E-state index contributed by atoms with van der Waals surface area (Å²) >= 11 is 0. The molecule has 0 aromatic rings. The van der Waals surface area contributed by atoms with Crippen LogP contribution in [0.3, 0.4) is 0 Å². The average molecular weight is 216 g/mol. The Hall–Kier alpha value is -1.26. The van der Waals surface area contributed by atoms with Crippen molar-refractivity contribution in [3.8, 4) is 0 Å². The third-order valence-electron chi connectivity index (χ3n) is 2.02. The molecule has 0 bridgehead atoms. The van der Waals surface area contributed by atoms with Gasteiger partial charge in [0.05, 0.1) is 6.61 Å². The first-order valence-electron chi connectivity index (χ1n) is 5.17. The molecular weight excluding hydrogens is 200 g/mol. The Morgan fingerprint density at radius 3 is 2.47 bits per heavy atom. The molecule has 0 amide bonds. The molecule has 0 radical (unpaired) electrons. The summed E-state index contributed by atoms with van der Waals surface area (Å²) in [6.07, 6.45) is 3.23. The van der Waals surface area contributed by atoms with Crippen molar-refractivity contribution < 1.29 is 23.8 Å². The van der Waals surface area contributed by atoms with E-state index < -0.39 is 6.16 Å². The van der Waals surface area contributed by atoms with Gasteiger partial charge in [0.25, 0.3) is 0 Å². The van der Waals surface area contributed by atoms with Gasteiger partial charge in [-0.15, -0.1) is 0 Å². The van der Waals surface area contributed by atoms with E-state index in [4.69, 9.17) is 4.74 Å². The van der Waals surface area contributed by atoms with E-state index in [1.165, 1.54) is 0 Å². The van der Waals surface area contributed by atoms with Crippen LogP contribution in [0, 0.1) is 0 Å². The van der Waals surface area contributed by atoms with Crippen LogP contribution >= 0.6 is 0 Å². The molecule has 5 nitrogen and oxygen atoms in total. The Bertz CT molecular complexity index is 216. The number of esters is 1. The second-order valence-electron chi connectivity index (χ2n) is 3.52. The van der Waals surface area contributed by atoms with Gasteiger partial charge in [0.1, 0.15) is 12.7 Å². The van der Waals surface area contributed by atoms with Gasteiger partial charge in [0.15, 0.2) is 0 Å². The monoisotopic (exact) mass is 216 g/mol. The normalized spacial score (nSPS) is 25.3. The van der Waals surface area contributed by atoms with E-state index >= 15 is 0 Å². The third kappa shape index (κ3) is 5.24. The highest BCUT2D eigenvalue weighted by molar-refractivity contribution is 5.69. The van der Waals surface area contributed by atoms with E-state index in [1.54, 1.807) is 6.92 Å². The van der Waals surface area contributed by atoms with Gasteiger partial charge in [-0.2, -0.15) is 0 Å². The van der Waals surface area contributed by atoms with E-state index in [2.05, 4.69) is 9.47 Å². The van der Waals surface area contributed by atoms with E-state index in [1.807, 2.05) is 0 Å². The fourth-order valence-electron chi connectivity index (χ4n) is 1.22. The predicted molar refractivity (Wildman–Crippen MR) is 51.3 cm³/mol. The molecule has 1 unspecified atom stereocenters. The summed E-state index contributed by atoms with van der Waals surface area (Å²) in [7, 11) is 0. The molecule has 15 heavy (non-hydrogen) atoms. The average Bonchev–Trinajstić information content (AvgIpc) is 2.44. The van der Waals surface area contributed by atoms with Gasteiger partial charge in [-0.05, 0) is 26.2 Å². The van der Waals surface area contributed by atoms with Crippen molar-refractivity contribution in [3.63, 3.8) is 0 Å². The molecule has 0 aromatic heterocycles. The van der Waals surface area contributed by atoms with Crippen LogP contribution in [-0.2, 0) is 19.0 Å². The molecule has 5 heteroatoms. The molecule has 1 atom stereocenters. The Morgan fingerprint density at radius 2 is 1.93 bits per heavy atom. The molecule has 2 heterocycles. The second kappa shape index (κ2) is 6.27. The molecule has 0 saturated carbocycles. The Labute approximate surface area is 88.7 Å². The molecule has 2 aliphatic heterocycles. The van der Waals surface area contributed by atoms with Crippen molar-refractivity contribution in [3.05, 3.63) is 0 Å². The largest absolute Gasteiger partial charge is 0.508 e. The van der Waals surface area contributed by atoms with E-state index in [0.717, 1.165) is 19.3 Å². The summed E-state index contributed by atoms with van der Waals surface area (Å²) in [4.78, 5) is 20.5. The highest BCUT2D eigenvalue weighted by Gasteiger charge is 2.19. The van der Waals surface area contributed by atoms with Crippen molar-refractivity contribution in [1.29, 1.82) is 0 Å². The number of cyclic esters (lactones) is 3. The number of hydrogen-bond donors (Lipinski definition) is 0. The summed E-state index contributed by atoms with van der Waals surface area (Å²) in [5.41, 5.74) is 0. The van der Waals surface area contributed by atoms with Gasteiger partial charge in [-0.1, -0.05) is 0 Å². The summed E-state index contributed by atoms with van der Waals surface area (Å²) in [6, 6.07) is 0. The lowest BCUT2D eigenvalue weighted by Crippen LogP contribution is -2.01. The number of rotatable bonds is 0. The fourth-order valence-corrected chi connectivity index (χ4v) is 1.22. The minimum atomic E-state index is -0.549. The van der Waals surface area contributed by atoms with Gasteiger partial charge in [0.2, 0.25) is 0 Å². The second-order valence-corrected chi connectivity index (χ2v) is 3.52. The molecule has 0 N–H and O–H groups in total. The first-order valence-corrected chi connectivity index (χ1v) is 5.17. The summed E-state index contributed by atoms with van der Waals surface area (Å²) in [6.45, 7) is 2.82. The van der Waals surface area contributed by atoms with Crippen molar-refractivity contribution in [2.45, 2.75) is 38.7 Å². The minimum absolute atomic E-state index is 0.0255. The lowest BCUT2D eigenvalue weighted by atomic mass is 10.2. The molecule has 2 saturated heterocycles. The lowest BCUT2D eigenvalue weighted by Gasteiger charge is -1.93. The van der Waals surface area contributed by atoms with E-state index in [0.29, 0.717) is 19.6 Å². The Morgan fingerprint density at radius 1 is 1.13 bits per heavy atom. The van der Waals surface area contributed by atoms with Crippen LogP contribution in [0.1, 0.15) is 32.6 Å². The van der Waals surface area contributed by atoms with Crippen molar-refractivity contribution in [1.82, 2.24) is 0 Å². The van der Waals surface area contributed by atoms with Gasteiger partial charge < -0.3 is 14.2 Å². The van der Waals surface area contributed by atoms with E-state index in [-0.39, 0.29) is 12.1 Å². The first kappa shape index (κ1) is 11.8. The van der Waals surface area contributed by atoms with Gasteiger partial charge >= 0.3 is 12.1 Å². The molecule has 2 rings (SSSR count). The Kier molecular flexibility index (Phi) is 4.93. The van der Waals surface area contributed by atoms with Crippen LogP contribution in [0.25, 0.3) is 0 Å². The smallest absolute Gasteiger partial charge is 0.466 e. The molecule has 2 aliphatic rings. The zero-order valence-corrected chi connectivity index (χ0v) is 8.86. The quantitative estimate of drug-likeness (QED) is 0.576. The third-order valence-corrected chi connectivity index (χ3v) is 2.02. The zero-order valence-electron chi connectivity index (χ0n) is 8.86. The molecule has 0 spiro atoms. The van der Waals surface area contributed by atoms with Crippen LogP contribution < -0.4 is 0 Å². The van der Waals surface area contributed by atoms with Gasteiger partial charge in [-0.25, -0.2) is 4.79 Å². The number of ether oxygens (including phenoxy) is 3. The van der Waals surface area contributed by atoms with Gasteiger partial charge in [-0.3, -0.25) is 4.79 Å².